The molecule has 0 aliphatic carbocycles. The van der Waals surface area contributed by atoms with Crippen molar-refractivity contribution < 1.29 is 14.6 Å². The lowest BCUT2D eigenvalue weighted by Gasteiger charge is -2.35. The summed E-state index contributed by atoms with van der Waals surface area (Å²) in [6, 6.07) is 0.377. The Morgan fingerprint density at radius 3 is 3.16 bits per heavy atom. The number of aromatic nitrogens is 1. The maximum Gasteiger partial charge on any atom is 0.303 e. The summed E-state index contributed by atoms with van der Waals surface area (Å²) in [5.74, 6) is -0.784. The van der Waals surface area contributed by atoms with E-state index < -0.39 is 5.97 Å². The highest BCUT2D eigenvalue weighted by Gasteiger charge is 2.29. The molecule has 1 aliphatic rings. The third-order valence-electron chi connectivity index (χ3n) is 3.17. The van der Waals surface area contributed by atoms with Crippen LogP contribution in [0.15, 0.2) is 5.38 Å². The Labute approximate surface area is 117 Å². The Hall–Kier alpha value is -1.14. The number of aliphatic carboxylic acids is 1. The quantitative estimate of drug-likeness (QED) is 0.869. The first kappa shape index (κ1) is 14.3. The molecule has 5 nitrogen and oxygen atoms in total. The molecule has 0 amide bonds. The van der Waals surface area contributed by atoms with E-state index in [4.69, 9.17) is 9.84 Å². The molecule has 106 valence electrons. The SMILES string of the molecule is CC1(C)CC(Nc2nc(CCC(=O)O)cs2)CCO1. The lowest BCUT2D eigenvalue weighted by molar-refractivity contribution is -0.136. The van der Waals surface area contributed by atoms with Crippen LogP contribution in [0.25, 0.3) is 0 Å². The van der Waals surface area contributed by atoms with Crippen LogP contribution >= 0.6 is 11.3 Å². The topological polar surface area (TPSA) is 71.5 Å². The van der Waals surface area contributed by atoms with E-state index >= 15 is 0 Å². The number of thiazole rings is 1. The van der Waals surface area contributed by atoms with Crippen LogP contribution in [0.5, 0.6) is 0 Å². The van der Waals surface area contributed by atoms with E-state index in [1.807, 2.05) is 5.38 Å². The molecular formula is C13H20N2O3S. The van der Waals surface area contributed by atoms with E-state index in [2.05, 4.69) is 24.1 Å². The number of carbonyl (C=O) groups is 1. The Morgan fingerprint density at radius 1 is 1.68 bits per heavy atom. The summed E-state index contributed by atoms with van der Waals surface area (Å²) in [4.78, 5) is 14.9. The minimum absolute atomic E-state index is 0.0840. The van der Waals surface area contributed by atoms with Crippen molar-refractivity contribution in [2.24, 2.45) is 0 Å². The van der Waals surface area contributed by atoms with Gasteiger partial charge in [-0.05, 0) is 26.7 Å². The van der Waals surface area contributed by atoms with E-state index in [1.54, 1.807) is 0 Å². The number of rotatable bonds is 5. The summed E-state index contributed by atoms with van der Waals surface area (Å²) in [6.45, 7) is 4.96. The van der Waals surface area contributed by atoms with Gasteiger partial charge in [-0.3, -0.25) is 4.79 Å². The van der Waals surface area contributed by atoms with Crippen molar-refractivity contribution in [1.82, 2.24) is 4.98 Å². The molecular weight excluding hydrogens is 264 g/mol. The molecule has 2 N–H and O–H groups in total. The molecule has 2 heterocycles. The first-order valence-corrected chi connectivity index (χ1v) is 7.39. The summed E-state index contributed by atoms with van der Waals surface area (Å²) < 4.78 is 5.68. The molecule has 0 saturated carbocycles. The van der Waals surface area contributed by atoms with Gasteiger partial charge < -0.3 is 15.2 Å². The predicted octanol–water partition coefficient (Wildman–Crippen LogP) is 2.53. The molecule has 1 aromatic rings. The average Bonchev–Trinajstić information content (AvgIpc) is 2.73. The molecule has 19 heavy (non-hydrogen) atoms. The van der Waals surface area contributed by atoms with Crippen molar-refractivity contribution >= 4 is 22.4 Å². The summed E-state index contributed by atoms with van der Waals surface area (Å²) in [7, 11) is 0. The van der Waals surface area contributed by atoms with Crippen LogP contribution in [0, 0.1) is 0 Å². The van der Waals surface area contributed by atoms with Gasteiger partial charge in [-0.2, -0.15) is 0 Å². The van der Waals surface area contributed by atoms with Crippen molar-refractivity contribution in [2.75, 3.05) is 11.9 Å². The van der Waals surface area contributed by atoms with E-state index in [1.165, 1.54) is 11.3 Å². The van der Waals surface area contributed by atoms with Crippen molar-refractivity contribution in [3.05, 3.63) is 11.1 Å². The van der Waals surface area contributed by atoms with Gasteiger partial charge in [0.1, 0.15) is 0 Å². The normalized spacial score (nSPS) is 22.1. The average molecular weight is 284 g/mol. The van der Waals surface area contributed by atoms with Crippen LogP contribution in [-0.2, 0) is 16.0 Å². The molecule has 0 aromatic carbocycles. The monoisotopic (exact) mass is 284 g/mol. The zero-order valence-corrected chi connectivity index (χ0v) is 12.1. The molecule has 0 spiro atoms. The Kier molecular flexibility index (Phi) is 4.42. The highest BCUT2D eigenvalue weighted by atomic mass is 32.1. The van der Waals surface area contributed by atoms with Gasteiger partial charge in [0.2, 0.25) is 0 Å². The van der Waals surface area contributed by atoms with E-state index in [-0.39, 0.29) is 12.0 Å². The summed E-state index contributed by atoms with van der Waals surface area (Å²) in [5.41, 5.74) is 0.764. The largest absolute Gasteiger partial charge is 0.481 e. The van der Waals surface area contributed by atoms with Crippen LogP contribution < -0.4 is 5.32 Å². The van der Waals surface area contributed by atoms with E-state index in [0.717, 1.165) is 30.3 Å². The van der Waals surface area contributed by atoms with Crippen molar-refractivity contribution in [1.29, 1.82) is 0 Å². The Bertz CT molecular complexity index is 445. The number of aryl methyl sites for hydroxylation is 1. The van der Waals surface area contributed by atoms with Gasteiger partial charge >= 0.3 is 5.97 Å². The summed E-state index contributed by atoms with van der Waals surface area (Å²) in [6.07, 6.45) is 2.56. The van der Waals surface area contributed by atoms with Crippen molar-refractivity contribution in [3.63, 3.8) is 0 Å². The van der Waals surface area contributed by atoms with Gasteiger partial charge in [0.05, 0.1) is 17.7 Å². The smallest absolute Gasteiger partial charge is 0.303 e. The van der Waals surface area contributed by atoms with Gasteiger partial charge in [0, 0.05) is 24.4 Å². The van der Waals surface area contributed by atoms with Gasteiger partial charge in [-0.15, -0.1) is 11.3 Å². The minimum Gasteiger partial charge on any atom is -0.481 e. The zero-order valence-electron chi connectivity index (χ0n) is 11.3. The Balaban J connectivity index is 1.87. The van der Waals surface area contributed by atoms with Gasteiger partial charge in [-0.1, -0.05) is 0 Å². The molecule has 1 fully saturated rings. The molecule has 1 unspecified atom stereocenters. The number of carboxylic acids is 1. The lowest BCUT2D eigenvalue weighted by Crippen LogP contribution is -2.40. The molecule has 2 rings (SSSR count). The van der Waals surface area contributed by atoms with E-state index in [9.17, 15) is 4.79 Å². The molecule has 6 heteroatoms. The fourth-order valence-corrected chi connectivity index (χ4v) is 3.08. The third-order valence-corrected chi connectivity index (χ3v) is 3.99. The second-order valence-electron chi connectivity index (χ2n) is 5.48. The van der Waals surface area contributed by atoms with Gasteiger partial charge in [0.15, 0.2) is 5.13 Å². The maximum absolute atomic E-state index is 10.5. The number of nitrogens with one attached hydrogen (secondary N) is 1. The fraction of sp³-hybridized carbons (Fsp3) is 0.692. The molecule has 1 aromatic heterocycles. The number of hydrogen-bond acceptors (Lipinski definition) is 5. The molecule has 1 saturated heterocycles. The Morgan fingerprint density at radius 2 is 2.47 bits per heavy atom. The maximum atomic E-state index is 10.5. The fourth-order valence-electron chi connectivity index (χ4n) is 2.25. The predicted molar refractivity (Wildman–Crippen MR) is 74.7 cm³/mol. The number of carboxylic acid groups (broad SMARTS) is 1. The number of anilines is 1. The molecule has 1 atom stereocenters. The van der Waals surface area contributed by atoms with Gasteiger partial charge in [0.25, 0.3) is 0 Å². The van der Waals surface area contributed by atoms with Crippen LogP contribution in [-0.4, -0.2) is 34.3 Å². The first-order valence-electron chi connectivity index (χ1n) is 6.51. The van der Waals surface area contributed by atoms with Crippen LogP contribution in [0.3, 0.4) is 0 Å². The van der Waals surface area contributed by atoms with E-state index in [0.29, 0.717) is 12.5 Å². The van der Waals surface area contributed by atoms with Crippen molar-refractivity contribution in [3.8, 4) is 0 Å². The molecule has 1 aliphatic heterocycles. The van der Waals surface area contributed by atoms with Gasteiger partial charge in [-0.25, -0.2) is 4.98 Å². The second-order valence-corrected chi connectivity index (χ2v) is 6.34. The number of ether oxygens (including phenoxy) is 1. The molecule has 0 radical (unpaired) electrons. The highest BCUT2D eigenvalue weighted by molar-refractivity contribution is 7.13. The standard InChI is InChI=1S/C13H20N2O3S/c1-13(2)7-9(5-6-18-13)14-12-15-10(8-19-12)3-4-11(16)17/h8-9H,3-7H2,1-2H3,(H,14,15)(H,16,17). The number of nitrogens with zero attached hydrogens (tertiary/aromatic N) is 1. The van der Waals surface area contributed by atoms with Crippen LogP contribution in [0.2, 0.25) is 0 Å². The van der Waals surface area contributed by atoms with Crippen molar-refractivity contribution in [2.45, 2.75) is 51.2 Å². The minimum atomic E-state index is -0.784. The highest BCUT2D eigenvalue weighted by Crippen LogP contribution is 2.27. The second kappa shape index (κ2) is 5.88. The lowest BCUT2D eigenvalue weighted by atomic mass is 9.94. The molecule has 0 bridgehead atoms. The van der Waals surface area contributed by atoms with Crippen LogP contribution in [0.4, 0.5) is 5.13 Å². The third kappa shape index (κ3) is 4.47. The number of hydrogen-bond donors (Lipinski definition) is 2. The first-order chi connectivity index (χ1) is 8.94. The summed E-state index contributed by atoms with van der Waals surface area (Å²) >= 11 is 1.54. The summed E-state index contributed by atoms with van der Waals surface area (Å²) in [5, 5.41) is 14.9. The zero-order chi connectivity index (χ0) is 13.9. The van der Waals surface area contributed by atoms with Crippen LogP contribution in [0.1, 0.15) is 38.8 Å².